The topological polar surface area (TPSA) is 43.9 Å². The highest BCUT2D eigenvalue weighted by Gasteiger charge is 2.27. The van der Waals surface area contributed by atoms with Crippen LogP contribution in [0, 0.1) is 11.8 Å². The molecule has 0 spiro atoms. The van der Waals surface area contributed by atoms with Gasteiger partial charge < -0.3 is 9.80 Å². The molecular weight excluding hydrogens is 254 g/mol. The Labute approximate surface area is 121 Å². The van der Waals surface area contributed by atoms with Crippen LogP contribution in [0.4, 0.5) is 0 Å². The number of rotatable bonds is 2. The lowest BCUT2D eigenvalue weighted by Crippen LogP contribution is -2.53. The van der Waals surface area contributed by atoms with E-state index in [9.17, 15) is 9.59 Å². The first-order chi connectivity index (χ1) is 9.45. The van der Waals surface area contributed by atoms with Crippen molar-refractivity contribution in [2.24, 2.45) is 11.8 Å². The number of likely N-dealkylation sites (tertiary alicyclic amines) is 1. The van der Waals surface area contributed by atoms with Gasteiger partial charge in [0.2, 0.25) is 11.8 Å². The molecular formula is C15H27N3O2. The number of piperidine rings is 1. The second-order valence-electron chi connectivity index (χ2n) is 6.53. The summed E-state index contributed by atoms with van der Waals surface area (Å²) in [5, 5.41) is 0. The monoisotopic (exact) mass is 281 g/mol. The number of carbonyl (C=O) groups is 2. The highest BCUT2D eigenvalue weighted by Crippen LogP contribution is 2.20. The van der Waals surface area contributed by atoms with Gasteiger partial charge in [-0.25, -0.2) is 0 Å². The Morgan fingerprint density at radius 2 is 1.45 bits per heavy atom. The average Bonchev–Trinajstić information content (AvgIpc) is 2.37. The Hall–Kier alpha value is -1.10. The second-order valence-corrected chi connectivity index (χ2v) is 6.53. The summed E-state index contributed by atoms with van der Waals surface area (Å²) >= 11 is 0. The third-order valence-corrected chi connectivity index (χ3v) is 4.38. The van der Waals surface area contributed by atoms with E-state index in [1.54, 1.807) is 6.92 Å². The van der Waals surface area contributed by atoms with Crippen molar-refractivity contribution in [3.05, 3.63) is 0 Å². The second kappa shape index (κ2) is 6.57. The van der Waals surface area contributed by atoms with Crippen molar-refractivity contribution >= 4 is 11.8 Å². The molecule has 114 valence electrons. The molecule has 2 rings (SSSR count). The third-order valence-electron chi connectivity index (χ3n) is 4.38. The van der Waals surface area contributed by atoms with Crippen molar-refractivity contribution in [1.29, 1.82) is 0 Å². The fraction of sp³-hybridized carbons (Fsp3) is 0.867. The third kappa shape index (κ3) is 3.95. The Kier molecular flexibility index (Phi) is 5.02. The average molecular weight is 281 g/mol. The number of nitrogens with zero attached hydrogens (tertiary/aromatic N) is 3. The predicted molar refractivity (Wildman–Crippen MR) is 78.2 cm³/mol. The van der Waals surface area contributed by atoms with Crippen LogP contribution in [0.5, 0.6) is 0 Å². The lowest BCUT2D eigenvalue weighted by molar-refractivity contribution is -0.139. The minimum absolute atomic E-state index is 0.107. The van der Waals surface area contributed by atoms with Gasteiger partial charge in [-0.2, -0.15) is 0 Å². The first-order valence-electron chi connectivity index (χ1n) is 7.71. The Bertz CT molecular complexity index is 354. The van der Waals surface area contributed by atoms with Crippen LogP contribution in [-0.4, -0.2) is 72.3 Å². The molecule has 0 aromatic heterocycles. The van der Waals surface area contributed by atoms with Gasteiger partial charge in [0.25, 0.3) is 0 Å². The minimum Gasteiger partial charge on any atom is -0.339 e. The number of hydrogen-bond donors (Lipinski definition) is 0. The van der Waals surface area contributed by atoms with Crippen LogP contribution >= 0.6 is 0 Å². The van der Waals surface area contributed by atoms with Crippen LogP contribution in [0.3, 0.4) is 0 Å². The fourth-order valence-corrected chi connectivity index (χ4v) is 3.48. The lowest BCUT2D eigenvalue weighted by Gasteiger charge is -2.38. The smallest absolute Gasteiger partial charge is 0.236 e. The Balaban J connectivity index is 1.79. The molecule has 2 fully saturated rings. The minimum atomic E-state index is 0.107. The maximum Gasteiger partial charge on any atom is 0.236 e. The zero-order valence-corrected chi connectivity index (χ0v) is 13.0. The molecule has 0 aromatic rings. The summed E-state index contributed by atoms with van der Waals surface area (Å²) in [4.78, 5) is 29.6. The van der Waals surface area contributed by atoms with Crippen LogP contribution in [-0.2, 0) is 9.59 Å². The molecule has 0 N–H and O–H groups in total. The first kappa shape index (κ1) is 15.3. The van der Waals surface area contributed by atoms with Gasteiger partial charge in [-0.15, -0.1) is 0 Å². The number of piperazine rings is 1. The molecule has 0 aliphatic carbocycles. The molecule has 2 aliphatic rings. The molecule has 2 heterocycles. The van der Waals surface area contributed by atoms with E-state index in [-0.39, 0.29) is 11.8 Å². The molecule has 0 bridgehead atoms. The van der Waals surface area contributed by atoms with Crippen LogP contribution in [0.15, 0.2) is 0 Å². The van der Waals surface area contributed by atoms with Crippen molar-refractivity contribution in [2.75, 3.05) is 45.8 Å². The van der Waals surface area contributed by atoms with Crippen molar-refractivity contribution < 1.29 is 9.59 Å². The van der Waals surface area contributed by atoms with E-state index in [0.29, 0.717) is 44.6 Å². The summed E-state index contributed by atoms with van der Waals surface area (Å²) in [7, 11) is 0. The highest BCUT2D eigenvalue weighted by molar-refractivity contribution is 5.79. The van der Waals surface area contributed by atoms with E-state index >= 15 is 0 Å². The molecule has 2 atom stereocenters. The van der Waals surface area contributed by atoms with E-state index < -0.39 is 0 Å². The van der Waals surface area contributed by atoms with Gasteiger partial charge >= 0.3 is 0 Å². The van der Waals surface area contributed by atoms with E-state index in [2.05, 4.69) is 18.7 Å². The van der Waals surface area contributed by atoms with Crippen LogP contribution in [0.2, 0.25) is 0 Å². The van der Waals surface area contributed by atoms with Gasteiger partial charge in [0.05, 0.1) is 6.54 Å². The van der Waals surface area contributed by atoms with Gasteiger partial charge in [0.15, 0.2) is 0 Å². The molecule has 0 radical (unpaired) electrons. The molecule has 5 nitrogen and oxygen atoms in total. The zero-order valence-electron chi connectivity index (χ0n) is 13.0. The van der Waals surface area contributed by atoms with Gasteiger partial charge in [0, 0.05) is 46.2 Å². The van der Waals surface area contributed by atoms with Crippen molar-refractivity contribution in [3.63, 3.8) is 0 Å². The SMILES string of the molecule is CC(=O)N1CCN(C(=O)CN2CC(C)CC(C)C2)CC1. The summed E-state index contributed by atoms with van der Waals surface area (Å²) in [6.07, 6.45) is 1.27. The molecule has 0 saturated carbocycles. The molecule has 2 amide bonds. The quantitative estimate of drug-likeness (QED) is 0.747. The molecule has 5 heteroatoms. The first-order valence-corrected chi connectivity index (χ1v) is 7.71. The van der Waals surface area contributed by atoms with Crippen LogP contribution in [0.1, 0.15) is 27.2 Å². The Morgan fingerprint density at radius 1 is 0.950 bits per heavy atom. The number of carbonyl (C=O) groups excluding carboxylic acids is 2. The van der Waals surface area contributed by atoms with Gasteiger partial charge in [-0.3, -0.25) is 14.5 Å². The van der Waals surface area contributed by atoms with Gasteiger partial charge in [-0.1, -0.05) is 13.8 Å². The largest absolute Gasteiger partial charge is 0.339 e. The molecule has 2 saturated heterocycles. The summed E-state index contributed by atoms with van der Waals surface area (Å²) in [5.74, 6) is 1.69. The summed E-state index contributed by atoms with van der Waals surface area (Å²) in [6.45, 7) is 11.4. The highest BCUT2D eigenvalue weighted by atomic mass is 16.2. The van der Waals surface area contributed by atoms with Crippen molar-refractivity contribution in [1.82, 2.24) is 14.7 Å². The van der Waals surface area contributed by atoms with E-state index in [0.717, 1.165) is 13.1 Å². The van der Waals surface area contributed by atoms with E-state index in [1.165, 1.54) is 6.42 Å². The molecule has 20 heavy (non-hydrogen) atoms. The molecule has 2 unspecified atom stereocenters. The van der Waals surface area contributed by atoms with Gasteiger partial charge in [-0.05, 0) is 18.3 Å². The van der Waals surface area contributed by atoms with Crippen molar-refractivity contribution in [3.8, 4) is 0 Å². The molecule has 0 aromatic carbocycles. The van der Waals surface area contributed by atoms with E-state index in [4.69, 9.17) is 0 Å². The number of hydrogen-bond acceptors (Lipinski definition) is 3. The fourth-order valence-electron chi connectivity index (χ4n) is 3.48. The predicted octanol–water partition coefficient (Wildman–Crippen LogP) is 0.655. The Morgan fingerprint density at radius 3 is 1.95 bits per heavy atom. The number of amides is 2. The lowest BCUT2D eigenvalue weighted by atomic mass is 9.92. The van der Waals surface area contributed by atoms with E-state index in [1.807, 2.05) is 9.80 Å². The normalized spacial score (nSPS) is 28.6. The van der Waals surface area contributed by atoms with Crippen LogP contribution in [0.25, 0.3) is 0 Å². The van der Waals surface area contributed by atoms with Gasteiger partial charge in [0.1, 0.15) is 0 Å². The maximum atomic E-state index is 12.3. The standard InChI is InChI=1S/C15H27N3O2/c1-12-8-13(2)10-16(9-12)11-15(20)18-6-4-17(5-7-18)14(3)19/h12-13H,4-11H2,1-3H3. The molecule has 2 aliphatic heterocycles. The van der Waals surface area contributed by atoms with Crippen LogP contribution < -0.4 is 0 Å². The summed E-state index contributed by atoms with van der Waals surface area (Å²) < 4.78 is 0. The summed E-state index contributed by atoms with van der Waals surface area (Å²) in [5.41, 5.74) is 0. The summed E-state index contributed by atoms with van der Waals surface area (Å²) in [6, 6.07) is 0. The van der Waals surface area contributed by atoms with Crippen molar-refractivity contribution in [2.45, 2.75) is 27.2 Å². The zero-order chi connectivity index (χ0) is 14.7. The maximum absolute atomic E-state index is 12.3.